The van der Waals surface area contributed by atoms with Gasteiger partial charge in [-0.25, -0.2) is 0 Å². The van der Waals surface area contributed by atoms with Gasteiger partial charge in [0.05, 0.1) is 17.8 Å². The molecule has 0 saturated heterocycles. The first kappa shape index (κ1) is 20.3. The lowest BCUT2D eigenvalue weighted by Gasteiger charge is -2.14. The van der Waals surface area contributed by atoms with E-state index < -0.39 is 12.8 Å². The van der Waals surface area contributed by atoms with Gasteiger partial charge in [-0.2, -0.15) is 13.2 Å². The minimum atomic E-state index is -4.49. The Labute approximate surface area is 165 Å². The van der Waals surface area contributed by atoms with Gasteiger partial charge in [0.15, 0.2) is 12.4 Å². The molecule has 0 aliphatic heterocycles. The Hall–Kier alpha value is -2.41. The van der Waals surface area contributed by atoms with Crippen LogP contribution in [-0.4, -0.2) is 21.9 Å². The van der Waals surface area contributed by atoms with Crippen molar-refractivity contribution in [3.05, 3.63) is 62.7 Å². The molecule has 2 heterocycles. The molecule has 3 rings (SSSR count). The number of rotatable bonds is 5. The molecule has 0 aliphatic rings. The quantitative estimate of drug-likeness (QED) is 0.600. The number of ether oxygens (including phenoxy) is 1. The Bertz CT molecular complexity index is 1080. The second kappa shape index (κ2) is 7.54. The number of halogens is 4. The van der Waals surface area contributed by atoms with E-state index in [0.29, 0.717) is 22.7 Å². The van der Waals surface area contributed by atoms with Crippen LogP contribution in [0.1, 0.15) is 23.9 Å². The van der Waals surface area contributed by atoms with Crippen molar-refractivity contribution in [1.29, 1.82) is 0 Å². The van der Waals surface area contributed by atoms with Gasteiger partial charge in [-0.05, 0) is 37.1 Å². The van der Waals surface area contributed by atoms with Gasteiger partial charge in [0.25, 0.3) is 5.56 Å². The molecule has 0 spiro atoms. The van der Waals surface area contributed by atoms with E-state index in [-0.39, 0.29) is 23.2 Å². The molecule has 0 aliphatic carbocycles. The third kappa shape index (κ3) is 3.90. The lowest BCUT2D eigenvalue weighted by atomic mass is 10.1. The third-order valence-corrected chi connectivity index (χ3v) is 4.99. The molecule has 0 atom stereocenters. The summed E-state index contributed by atoms with van der Waals surface area (Å²) in [6.07, 6.45) is -3.90. The number of pyridine rings is 1. The van der Waals surface area contributed by atoms with Crippen LogP contribution >= 0.6 is 11.6 Å². The predicted octanol–water partition coefficient (Wildman–Crippen LogP) is 4.85. The second-order valence-corrected chi connectivity index (χ2v) is 7.08. The number of aromatic nitrogens is 2. The first-order valence-electron chi connectivity index (χ1n) is 8.78. The summed E-state index contributed by atoms with van der Waals surface area (Å²) in [5.74, 6) is -0.0256. The number of hydrogen-bond acceptors (Lipinski definition) is 2. The van der Waals surface area contributed by atoms with Crippen LogP contribution in [0, 0.1) is 6.92 Å². The molecular weight excluding hydrogens is 393 g/mol. The van der Waals surface area contributed by atoms with Crippen molar-refractivity contribution in [2.24, 2.45) is 7.05 Å². The molecule has 150 valence electrons. The summed E-state index contributed by atoms with van der Waals surface area (Å²) in [6, 6.07) is 8.96. The topological polar surface area (TPSA) is 36.2 Å². The van der Waals surface area contributed by atoms with Crippen LogP contribution in [0.4, 0.5) is 13.2 Å². The SMILES string of the molecule is CCc1cc2c(c(OCC(F)(F)F)c(C)n2C)c(=O)n1Cc1cccc(Cl)c1. The summed E-state index contributed by atoms with van der Waals surface area (Å²) in [5.41, 5.74) is 2.25. The number of fused-ring (bicyclic) bond motifs is 1. The largest absolute Gasteiger partial charge is 0.481 e. The molecule has 28 heavy (non-hydrogen) atoms. The summed E-state index contributed by atoms with van der Waals surface area (Å²) in [5, 5.41) is 0.706. The van der Waals surface area contributed by atoms with Crippen LogP contribution in [0.3, 0.4) is 0 Å². The van der Waals surface area contributed by atoms with Crippen molar-refractivity contribution in [2.75, 3.05) is 6.61 Å². The number of nitrogens with zero attached hydrogens (tertiary/aromatic N) is 2. The van der Waals surface area contributed by atoms with Crippen molar-refractivity contribution in [3.63, 3.8) is 0 Å². The Morgan fingerprint density at radius 3 is 2.54 bits per heavy atom. The maximum Gasteiger partial charge on any atom is 0.422 e. The van der Waals surface area contributed by atoms with E-state index in [1.807, 2.05) is 19.1 Å². The van der Waals surface area contributed by atoms with E-state index in [0.717, 1.165) is 11.3 Å². The summed E-state index contributed by atoms with van der Waals surface area (Å²) in [4.78, 5) is 13.3. The van der Waals surface area contributed by atoms with E-state index in [4.69, 9.17) is 16.3 Å². The molecule has 4 nitrogen and oxygen atoms in total. The Morgan fingerprint density at radius 1 is 1.21 bits per heavy atom. The number of alkyl halides is 3. The number of aryl methyl sites for hydroxylation is 2. The zero-order valence-electron chi connectivity index (χ0n) is 15.7. The van der Waals surface area contributed by atoms with Crippen molar-refractivity contribution in [2.45, 2.75) is 33.0 Å². The van der Waals surface area contributed by atoms with Crippen LogP contribution in [0.15, 0.2) is 35.1 Å². The van der Waals surface area contributed by atoms with Gasteiger partial charge < -0.3 is 13.9 Å². The summed E-state index contributed by atoms with van der Waals surface area (Å²) in [6.45, 7) is 2.38. The molecule has 0 fully saturated rings. The van der Waals surface area contributed by atoms with Gasteiger partial charge in [-0.1, -0.05) is 30.7 Å². The highest BCUT2D eigenvalue weighted by atomic mass is 35.5. The summed E-state index contributed by atoms with van der Waals surface area (Å²) < 4.78 is 46.3. The Kier molecular flexibility index (Phi) is 5.48. The minimum Gasteiger partial charge on any atom is -0.481 e. The molecule has 1 aromatic carbocycles. The molecule has 2 aromatic heterocycles. The van der Waals surface area contributed by atoms with Crippen LogP contribution in [0.2, 0.25) is 5.02 Å². The smallest absolute Gasteiger partial charge is 0.422 e. The van der Waals surface area contributed by atoms with E-state index in [9.17, 15) is 18.0 Å². The first-order valence-corrected chi connectivity index (χ1v) is 9.16. The lowest BCUT2D eigenvalue weighted by Crippen LogP contribution is -2.25. The molecule has 0 amide bonds. The van der Waals surface area contributed by atoms with E-state index in [2.05, 4.69) is 0 Å². The van der Waals surface area contributed by atoms with Crippen LogP contribution in [-0.2, 0) is 20.0 Å². The zero-order chi connectivity index (χ0) is 20.6. The number of benzene rings is 1. The fourth-order valence-corrected chi connectivity index (χ4v) is 3.50. The van der Waals surface area contributed by atoms with E-state index in [1.54, 1.807) is 41.3 Å². The second-order valence-electron chi connectivity index (χ2n) is 6.65. The average molecular weight is 413 g/mol. The standard InChI is InChI=1S/C20H20ClF3N2O2/c1-4-15-9-16-17(18(12(2)25(16)3)28-11-20(22,23)24)19(27)26(15)10-13-6-5-7-14(21)8-13/h5-9H,4,10-11H2,1-3H3. The third-order valence-electron chi connectivity index (χ3n) is 4.76. The van der Waals surface area contributed by atoms with Crippen molar-refractivity contribution < 1.29 is 17.9 Å². The highest BCUT2D eigenvalue weighted by molar-refractivity contribution is 6.30. The maximum absolute atomic E-state index is 13.3. The van der Waals surface area contributed by atoms with Gasteiger partial charge in [0.1, 0.15) is 5.39 Å². The molecule has 3 aromatic rings. The minimum absolute atomic E-state index is 0.0256. The summed E-state index contributed by atoms with van der Waals surface area (Å²) in [7, 11) is 1.71. The maximum atomic E-state index is 13.3. The normalized spacial score (nSPS) is 12.0. The zero-order valence-corrected chi connectivity index (χ0v) is 16.5. The first-order chi connectivity index (χ1) is 13.1. The Balaban J connectivity index is 2.19. The fourth-order valence-electron chi connectivity index (χ4n) is 3.29. The highest BCUT2D eigenvalue weighted by Crippen LogP contribution is 2.32. The Morgan fingerprint density at radius 2 is 1.93 bits per heavy atom. The van der Waals surface area contributed by atoms with Gasteiger partial charge >= 0.3 is 6.18 Å². The van der Waals surface area contributed by atoms with E-state index in [1.165, 1.54) is 0 Å². The van der Waals surface area contributed by atoms with Gasteiger partial charge in [-0.15, -0.1) is 0 Å². The average Bonchev–Trinajstić information content (AvgIpc) is 2.86. The highest BCUT2D eigenvalue weighted by Gasteiger charge is 2.30. The van der Waals surface area contributed by atoms with Crippen LogP contribution in [0.5, 0.6) is 5.75 Å². The van der Waals surface area contributed by atoms with Crippen molar-refractivity contribution >= 4 is 22.5 Å². The fraction of sp³-hybridized carbons (Fsp3) is 0.350. The molecular formula is C20H20ClF3N2O2. The molecule has 0 N–H and O–H groups in total. The van der Waals surface area contributed by atoms with Crippen molar-refractivity contribution in [1.82, 2.24) is 9.13 Å². The van der Waals surface area contributed by atoms with E-state index >= 15 is 0 Å². The van der Waals surface area contributed by atoms with Crippen LogP contribution in [0.25, 0.3) is 10.9 Å². The summed E-state index contributed by atoms with van der Waals surface area (Å²) >= 11 is 6.04. The molecule has 0 bridgehead atoms. The van der Waals surface area contributed by atoms with Crippen molar-refractivity contribution in [3.8, 4) is 5.75 Å². The van der Waals surface area contributed by atoms with Gasteiger partial charge in [0, 0.05) is 17.8 Å². The van der Waals surface area contributed by atoms with Gasteiger partial charge in [0.2, 0.25) is 0 Å². The molecule has 0 saturated carbocycles. The van der Waals surface area contributed by atoms with Crippen LogP contribution < -0.4 is 10.3 Å². The predicted molar refractivity (Wildman–Crippen MR) is 103 cm³/mol. The lowest BCUT2D eigenvalue weighted by molar-refractivity contribution is -0.153. The monoisotopic (exact) mass is 412 g/mol. The molecule has 0 unspecified atom stereocenters. The molecule has 0 radical (unpaired) electrons. The molecule has 8 heteroatoms. The van der Waals surface area contributed by atoms with Gasteiger partial charge in [-0.3, -0.25) is 4.79 Å². The number of hydrogen-bond donors (Lipinski definition) is 0.